The van der Waals surface area contributed by atoms with Gasteiger partial charge in [-0.2, -0.15) is 4.98 Å². The first-order valence-corrected chi connectivity index (χ1v) is 8.59. The number of benzene rings is 2. The molecule has 0 saturated heterocycles. The van der Waals surface area contributed by atoms with E-state index < -0.39 is 16.6 Å². The number of aryl methyl sites for hydroxylation is 1. The summed E-state index contributed by atoms with van der Waals surface area (Å²) >= 11 is 0. The number of carbonyl (C=O) groups excluding carboxylic acids is 1. The number of rotatable bonds is 6. The molecule has 0 unspecified atom stereocenters. The van der Waals surface area contributed by atoms with Crippen LogP contribution in [0.4, 0.5) is 17.2 Å². The fourth-order valence-electron chi connectivity index (χ4n) is 2.60. The molecular formula is C20H18N4O5. The second-order valence-corrected chi connectivity index (χ2v) is 6.12. The smallest absolute Gasteiger partial charge is 0.373 e. The molecular weight excluding hydrogens is 376 g/mol. The number of hydrogen-bond donors (Lipinski definition) is 1. The number of carbonyl (C=O) groups is 1. The van der Waals surface area contributed by atoms with Crippen molar-refractivity contribution in [1.82, 2.24) is 9.97 Å². The first-order chi connectivity index (χ1) is 13.9. The van der Waals surface area contributed by atoms with Crippen molar-refractivity contribution < 1.29 is 19.2 Å². The average Bonchev–Trinajstić information content (AvgIpc) is 2.71. The Balaban J connectivity index is 1.94. The van der Waals surface area contributed by atoms with Crippen LogP contribution < -0.4 is 10.1 Å². The Kier molecular flexibility index (Phi) is 5.68. The summed E-state index contributed by atoms with van der Waals surface area (Å²) < 4.78 is 10.2. The Hall–Kier alpha value is -4.01. The maximum absolute atomic E-state index is 11.7. The Morgan fingerprint density at radius 1 is 1.10 bits per heavy atom. The highest BCUT2D eigenvalue weighted by atomic mass is 16.6. The third-order valence-corrected chi connectivity index (χ3v) is 4.32. The summed E-state index contributed by atoms with van der Waals surface area (Å²) in [5.74, 6) is -0.426. The van der Waals surface area contributed by atoms with Crippen LogP contribution in [0.25, 0.3) is 0 Å². The zero-order valence-electron chi connectivity index (χ0n) is 16.0. The predicted molar refractivity (Wildman–Crippen MR) is 106 cm³/mol. The molecule has 9 nitrogen and oxygen atoms in total. The fourth-order valence-corrected chi connectivity index (χ4v) is 2.60. The van der Waals surface area contributed by atoms with E-state index in [0.717, 1.165) is 11.1 Å². The molecule has 1 aromatic heterocycles. The molecule has 0 fully saturated rings. The molecule has 3 aromatic rings. The molecule has 0 spiro atoms. The number of nitrogens with zero attached hydrogens (tertiary/aromatic N) is 3. The zero-order valence-corrected chi connectivity index (χ0v) is 16.0. The number of esters is 1. The van der Waals surface area contributed by atoms with Gasteiger partial charge in [0, 0.05) is 5.69 Å². The summed E-state index contributed by atoms with van der Waals surface area (Å²) in [5, 5.41) is 14.7. The van der Waals surface area contributed by atoms with Crippen LogP contribution >= 0.6 is 0 Å². The van der Waals surface area contributed by atoms with Gasteiger partial charge >= 0.3 is 17.5 Å². The molecule has 0 radical (unpaired) electrons. The fraction of sp³-hybridized carbons (Fsp3) is 0.150. The maximum Gasteiger partial charge on any atom is 0.373 e. The molecule has 3 rings (SSSR count). The topological polar surface area (TPSA) is 116 Å². The maximum atomic E-state index is 11.7. The van der Waals surface area contributed by atoms with Crippen LogP contribution in [0.2, 0.25) is 0 Å². The quantitative estimate of drug-likeness (QED) is 0.373. The van der Waals surface area contributed by atoms with E-state index in [4.69, 9.17) is 4.74 Å². The number of aromatic nitrogens is 2. The minimum atomic E-state index is -0.606. The van der Waals surface area contributed by atoms with Crippen molar-refractivity contribution in [1.29, 1.82) is 0 Å². The number of anilines is 2. The molecule has 1 heterocycles. The summed E-state index contributed by atoms with van der Waals surface area (Å²) in [7, 11) is 1.28. The normalized spacial score (nSPS) is 10.3. The van der Waals surface area contributed by atoms with Gasteiger partial charge in [-0.1, -0.05) is 12.1 Å². The predicted octanol–water partition coefficient (Wildman–Crippen LogP) is 4.32. The summed E-state index contributed by atoms with van der Waals surface area (Å²) in [5.41, 5.74) is 2.61. The van der Waals surface area contributed by atoms with Gasteiger partial charge in [0.15, 0.2) is 0 Å². The standard InChI is InChI=1S/C20H18N4O5/c1-12-5-4-6-16(13(12)2)23-18-17(24(26)27)19(22-11-21-18)29-15-9-7-14(8-10-15)20(25)28-3/h4-11H,1-3H3,(H,21,22,23). The van der Waals surface area contributed by atoms with Crippen LogP contribution in [0.1, 0.15) is 21.5 Å². The zero-order chi connectivity index (χ0) is 21.0. The molecule has 9 heteroatoms. The third kappa shape index (κ3) is 4.29. The van der Waals surface area contributed by atoms with E-state index in [2.05, 4.69) is 20.0 Å². The largest absolute Gasteiger partial charge is 0.465 e. The van der Waals surface area contributed by atoms with Gasteiger partial charge in [0.1, 0.15) is 12.1 Å². The van der Waals surface area contributed by atoms with Crippen molar-refractivity contribution in [2.24, 2.45) is 0 Å². The van der Waals surface area contributed by atoms with E-state index in [9.17, 15) is 14.9 Å². The van der Waals surface area contributed by atoms with Crippen LogP contribution in [-0.2, 0) is 4.74 Å². The lowest BCUT2D eigenvalue weighted by molar-refractivity contribution is -0.385. The molecule has 0 saturated carbocycles. The van der Waals surface area contributed by atoms with Gasteiger partial charge in [-0.25, -0.2) is 9.78 Å². The molecule has 0 bridgehead atoms. The highest BCUT2D eigenvalue weighted by molar-refractivity contribution is 5.89. The van der Waals surface area contributed by atoms with E-state index in [1.165, 1.54) is 37.7 Å². The Bertz CT molecular complexity index is 1070. The summed E-state index contributed by atoms with van der Waals surface area (Å²) in [6.07, 6.45) is 1.18. The van der Waals surface area contributed by atoms with Crippen molar-refractivity contribution in [2.45, 2.75) is 13.8 Å². The molecule has 2 aromatic carbocycles. The highest BCUT2D eigenvalue weighted by Crippen LogP contribution is 2.36. The molecule has 0 atom stereocenters. The van der Waals surface area contributed by atoms with Crippen molar-refractivity contribution in [3.63, 3.8) is 0 Å². The molecule has 29 heavy (non-hydrogen) atoms. The summed E-state index contributed by atoms with van der Waals surface area (Å²) in [6.45, 7) is 3.85. The van der Waals surface area contributed by atoms with Gasteiger partial charge in [0.2, 0.25) is 5.82 Å². The second-order valence-electron chi connectivity index (χ2n) is 6.12. The first-order valence-electron chi connectivity index (χ1n) is 8.59. The van der Waals surface area contributed by atoms with Gasteiger partial charge in [0.05, 0.1) is 17.6 Å². The second kappa shape index (κ2) is 8.34. The van der Waals surface area contributed by atoms with E-state index in [1.54, 1.807) is 6.07 Å². The lowest BCUT2D eigenvalue weighted by atomic mass is 10.1. The minimum absolute atomic E-state index is 0.0138. The van der Waals surface area contributed by atoms with Gasteiger partial charge < -0.3 is 14.8 Å². The SMILES string of the molecule is COC(=O)c1ccc(Oc2ncnc(Nc3cccc(C)c3C)c2[N+](=O)[O-])cc1. The number of hydrogen-bond acceptors (Lipinski definition) is 8. The van der Waals surface area contributed by atoms with Gasteiger partial charge in [0.25, 0.3) is 0 Å². The monoisotopic (exact) mass is 394 g/mol. The average molecular weight is 394 g/mol. The third-order valence-electron chi connectivity index (χ3n) is 4.32. The number of ether oxygens (including phenoxy) is 2. The first kappa shape index (κ1) is 19.7. The summed E-state index contributed by atoms with van der Waals surface area (Å²) in [4.78, 5) is 30.5. The Morgan fingerprint density at radius 2 is 1.83 bits per heavy atom. The number of nitro groups is 1. The van der Waals surface area contributed by atoms with E-state index >= 15 is 0 Å². The van der Waals surface area contributed by atoms with Crippen LogP contribution in [0.15, 0.2) is 48.8 Å². The van der Waals surface area contributed by atoms with Gasteiger partial charge in [-0.3, -0.25) is 10.1 Å². The minimum Gasteiger partial charge on any atom is -0.465 e. The summed E-state index contributed by atoms with van der Waals surface area (Å²) in [6, 6.07) is 11.6. The highest BCUT2D eigenvalue weighted by Gasteiger charge is 2.25. The number of nitrogens with one attached hydrogen (secondary N) is 1. The van der Waals surface area contributed by atoms with Crippen molar-refractivity contribution in [3.8, 4) is 11.6 Å². The molecule has 0 aliphatic heterocycles. The van der Waals surface area contributed by atoms with Crippen molar-refractivity contribution in [2.75, 3.05) is 12.4 Å². The Morgan fingerprint density at radius 3 is 2.48 bits per heavy atom. The van der Waals surface area contributed by atoms with Crippen LogP contribution in [0, 0.1) is 24.0 Å². The Labute approximate surface area is 166 Å². The lowest BCUT2D eigenvalue weighted by Crippen LogP contribution is -2.05. The van der Waals surface area contributed by atoms with Gasteiger partial charge in [-0.05, 0) is 55.3 Å². The molecule has 0 aliphatic rings. The molecule has 148 valence electrons. The van der Waals surface area contributed by atoms with Gasteiger partial charge in [-0.15, -0.1) is 0 Å². The lowest BCUT2D eigenvalue weighted by Gasteiger charge is -2.12. The number of methoxy groups -OCH3 is 1. The van der Waals surface area contributed by atoms with Crippen LogP contribution in [-0.4, -0.2) is 28.0 Å². The molecule has 0 aliphatic carbocycles. The van der Waals surface area contributed by atoms with E-state index in [0.29, 0.717) is 11.3 Å². The van der Waals surface area contributed by atoms with Crippen LogP contribution in [0.3, 0.4) is 0 Å². The van der Waals surface area contributed by atoms with Crippen molar-refractivity contribution in [3.05, 3.63) is 75.6 Å². The molecule has 1 N–H and O–H groups in total. The van der Waals surface area contributed by atoms with E-state index in [-0.39, 0.29) is 17.4 Å². The van der Waals surface area contributed by atoms with Crippen LogP contribution in [0.5, 0.6) is 11.6 Å². The van der Waals surface area contributed by atoms with Crippen molar-refractivity contribution >= 4 is 23.2 Å². The molecule has 0 amide bonds. The van der Waals surface area contributed by atoms with E-state index in [1.807, 2.05) is 26.0 Å².